The molecule has 0 spiro atoms. The van der Waals surface area contributed by atoms with E-state index in [0.29, 0.717) is 25.9 Å². The van der Waals surface area contributed by atoms with E-state index in [1.54, 1.807) is 0 Å². The molecule has 4 heteroatoms. The summed E-state index contributed by atoms with van der Waals surface area (Å²) in [7, 11) is 0. The molecule has 16 heavy (non-hydrogen) atoms. The van der Waals surface area contributed by atoms with Gasteiger partial charge in [0.15, 0.2) is 0 Å². The summed E-state index contributed by atoms with van der Waals surface area (Å²) in [5, 5.41) is 11.0. The molecule has 1 rings (SSSR count). The Morgan fingerprint density at radius 3 is 2.69 bits per heavy atom. The molecule has 84 valence electrons. The molecular formula is C12H15N3O. The van der Waals surface area contributed by atoms with Crippen LogP contribution in [-0.4, -0.2) is 12.5 Å². The van der Waals surface area contributed by atoms with Crippen LogP contribution in [0.3, 0.4) is 0 Å². The van der Waals surface area contributed by atoms with Crippen LogP contribution >= 0.6 is 0 Å². The van der Waals surface area contributed by atoms with Crippen LogP contribution in [-0.2, 0) is 17.8 Å². The summed E-state index contributed by atoms with van der Waals surface area (Å²) >= 11 is 0. The van der Waals surface area contributed by atoms with Crippen molar-refractivity contribution in [1.82, 2.24) is 5.32 Å². The smallest absolute Gasteiger partial charge is 0.224 e. The molecule has 4 nitrogen and oxygen atoms in total. The monoisotopic (exact) mass is 217 g/mol. The number of rotatable bonds is 5. The van der Waals surface area contributed by atoms with Gasteiger partial charge in [0.1, 0.15) is 0 Å². The molecule has 0 heterocycles. The minimum absolute atomic E-state index is 0.0730. The highest BCUT2D eigenvalue weighted by atomic mass is 16.1. The van der Waals surface area contributed by atoms with Crippen molar-refractivity contribution >= 4 is 5.91 Å². The van der Waals surface area contributed by atoms with Gasteiger partial charge < -0.3 is 11.1 Å². The summed E-state index contributed by atoms with van der Waals surface area (Å²) in [4.78, 5) is 11.5. The molecule has 0 saturated heterocycles. The maximum atomic E-state index is 11.5. The Morgan fingerprint density at radius 2 is 2.06 bits per heavy atom. The van der Waals surface area contributed by atoms with Crippen LogP contribution in [0, 0.1) is 11.3 Å². The predicted octanol–water partition coefficient (Wildman–Crippen LogP) is 0.718. The molecule has 3 N–H and O–H groups in total. The highest BCUT2D eigenvalue weighted by Gasteiger charge is 2.05. The summed E-state index contributed by atoms with van der Waals surface area (Å²) in [6.07, 6.45) is 0.656. The van der Waals surface area contributed by atoms with Crippen molar-refractivity contribution in [3.05, 3.63) is 35.4 Å². The molecule has 0 saturated carbocycles. The van der Waals surface area contributed by atoms with Crippen molar-refractivity contribution in [2.75, 3.05) is 6.54 Å². The first-order valence-corrected chi connectivity index (χ1v) is 5.18. The van der Waals surface area contributed by atoms with Crippen molar-refractivity contribution in [3.63, 3.8) is 0 Å². The quantitative estimate of drug-likeness (QED) is 0.713. The van der Waals surface area contributed by atoms with E-state index in [4.69, 9.17) is 11.0 Å². The van der Waals surface area contributed by atoms with E-state index in [-0.39, 0.29) is 5.91 Å². The first-order chi connectivity index (χ1) is 7.77. The normalized spacial score (nSPS) is 9.50. The molecule has 0 aliphatic heterocycles. The summed E-state index contributed by atoms with van der Waals surface area (Å²) in [6, 6.07) is 9.57. The second-order valence-corrected chi connectivity index (χ2v) is 3.41. The van der Waals surface area contributed by atoms with Crippen LogP contribution in [0.4, 0.5) is 0 Å². The van der Waals surface area contributed by atoms with Crippen LogP contribution in [0.5, 0.6) is 0 Å². The number of benzene rings is 1. The SMILES string of the molecule is N#CCCNC(=O)Cc1ccccc1CN. The molecule has 0 bridgehead atoms. The average Bonchev–Trinajstić information content (AvgIpc) is 2.30. The predicted molar refractivity (Wildman–Crippen MR) is 61.3 cm³/mol. The van der Waals surface area contributed by atoms with Crippen molar-refractivity contribution in [3.8, 4) is 6.07 Å². The Labute approximate surface area is 95.1 Å². The first kappa shape index (κ1) is 12.2. The maximum Gasteiger partial charge on any atom is 0.224 e. The Balaban J connectivity index is 2.53. The first-order valence-electron chi connectivity index (χ1n) is 5.18. The second-order valence-electron chi connectivity index (χ2n) is 3.41. The van der Waals surface area contributed by atoms with Crippen LogP contribution in [0.15, 0.2) is 24.3 Å². The standard InChI is InChI=1S/C12H15N3O/c13-6-3-7-15-12(16)8-10-4-1-2-5-11(10)9-14/h1-2,4-5H,3,7-9,14H2,(H,15,16). The molecule has 0 unspecified atom stereocenters. The highest BCUT2D eigenvalue weighted by Crippen LogP contribution is 2.08. The van der Waals surface area contributed by atoms with E-state index in [9.17, 15) is 4.79 Å². The summed E-state index contributed by atoms with van der Waals surface area (Å²) in [6.45, 7) is 0.835. The van der Waals surface area contributed by atoms with Gasteiger partial charge >= 0.3 is 0 Å². The lowest BCUT2D eigenvalue weighted by molar-refractivity contribution is -0.120. The maximum absolute atomic E-state index is 11.5. The van der Waals surface area contributed by atoms with Crippen molar-refractivity contribution in [2.24, 2.45) is 5.73 Å². The lowest BCUT2D eigenvalue weighted by Crippen LogP contribution is -2.26. The van der Waals surface area contributed by atoms with Gasteiger partial charge in [-0.2, -0.15) is 5.26 Å². The number of nitrogens with zero attached hydrogens (tertiary/aromatic N) is 1. The summed E-state index contributed by atoms with van der Waals surface area (Å²) < 4.78 is 0. The van der Waals surface area contributed by atoms with E-state index in [1.165, 1.54) is 0 Å². The van der Waals surface area contributed by atoms with E-state index >= 15 is 0 Å². The zero-order valence-electron chi connectivity index (χ0n) is 9.07. The van der Waals surface area contributed by atoms with Gasteiger partial charge in [-0.15, -0.1) is 0 Å². The molecule has 0 aliphatic carbocycles. The van der Waals surface area contributed by atoms with E-state index in [2.05, 4.69) is 5.32 Å². The molecule has 0 atom stereocenters. The lowest BCUT2D eigenvalue weighted by atomic mass is 10.0. The van der Waals surface area contributed by atoms with Gasteiger partial charge in [0.25, 0.3) is 0 Å². The topological polar surface area (TPSA) is 78.9 Å². The van der Waals surface area contributed by atoms with Crippen molar-refractivity contribution in [1.29, 1.82) is 5.26 Å². The zero-order valence-corrected chi connectivity index (χ0v) is 9.07. The fourth-order valence-electron chi connectivity index (χ4n) is 1.42. The summed E-state index contributed by atoms with van der Waals surface area (Å²) in [5.41, 5.74) is 7.50. The fraction of sp³-hybridized carbons (Fsp3) is 0.333. The average molecular weight is 217 g/mol. The molecule has 0 radical (unpaired) electrons. The van der Waals surface area contributed by atoms with Gasteiger partial charge in [0, 0.05) is 13.1 Å². The van der Waals surface area contributed by atoms with E-state index in [1.807, 2.05) is 30.3 Å². The van der Waals surface area contributed by atoms with Gasteiger partial charge in [0.2, 0.25) is 5.91 Å². The number of amides is 1. The number of carbonyl (C=O) groups is 1. The molecular weight excluding hydrogens is 202 g/mol. The zero-order chi connectivity index (χ0) is 11.8. The summed E-state index contributed by atoms with van der Waals surface area (Å²) in [5.74, 6) is -0.0730. The number of nitriles is 1. The van der Waals surface area contributed by atoms with Crippen molar-refractivity contribution in [2.45, 2.75) is 19.4 Å². The van der Waals surface area contributed by atoms with Crippen molar-refractivity contribution < 1.29 is 4.79 Å². The Kier molecular flexibility index (Phi) is 5.03. The number of carbonyl (C=O) groups excluding carboxylic acids is 1. The van der Waals surface area contributed by atoms with E-state index in [0.717, 1.165) is 11.1 Å². The van der Waals surface area contributed by atoms with E-state index < -0.39 is 0 Å². The Hall–Kier alpha value is -1.86. The van der Waals surface area contributed by atoms with Crippen LogP contribution < -0.4 is 11.1 Å². The largest absolute Gasteiger partial charge is 0.355 e. The Bertz CT molecular complexity index is 395. The molecule has 1 aromatic rings. The molecule has 1 amide bonds. The number of hydrogen-bond donors (Lipinski definition) is 2. The third-order valence-corrected chi connectivity index (χ3v) is 2.25. The number of nitrogens with two attached hydrogens (primary N) is 1. The minimum atomic E-state index is -0.0730. The second kappa shape index (κ2) is 6.59. The number of hydrogen-bond acceptors (Lipinski definition) is 3. The lowest BCUT2D eigenvalue weighted by Gasteiger charge is -2.07. The Morgan fingerprint density at radius 1 is 1.38 bits per heavy atom. The van der Waals surface area contributed by atoms with Gasteiger partial charge in [-0.25, -0.2) is 0 Å². The highest BCUT2D eigenvalue weighted by molar-refractivity contribution is 5.78. The van der Waals surface area contributed by atoms with Gasteiger partial charge in [0.05, 0.1) is 18.9 Å². The van der Waals surface area contributed by atoms with Gasteiger partial charge in [-0.1, -0.05) is 24.3 Å². The van der Waals surface area contributed by atoms with Crippen LogP contribution in [0.1, 0.15) is 17.5 Å². The fourth-order valence-corrected chi connectivity index (χ4v) is 1.42. The third-order valence-electron chi connectivity index (χ3n) is 2.25. The van der Waals surface area contributed by atoms with Gasteiger partial charge in [-0.3, -0.25) is 4.79 Å². The van der Waals surface area contributed by atoms with Crippen LogP contribution in [0.2, 0.25) is 0 Å². The molecule has 0 aliphatic rings. The third kappa shape index (κ3) is 3.71. The number of nitrogens with one attached hydrogen (secondary N) is 1. The van der Waals surface area contributed by atoms with Crippen LogP contribution in [0.25, 0.3) is 0 Å². The molecule has 1 aromatic carbocycles. The van der Waals surface area contributed by atoms with Gasteiger partial charge in [-0.05, 0) is 11.1 Å². The molecule has 0 aromatic heterocycles. The molecule has 0 fully saturated rings. The minimum Gasteiger partial charge on any atom is -0.355 e.